The second-order valence-electron chi connectivity index (χ2n) is 7.17. The summed E-state index contributed by atoms with van der Waals surface area (Å²) in [6.07, 6.45) is 9.07. The van der Waals surface area contributed by atoms with Gasteiger partial charge in [-0.25, -0.2) is 0 Å². The first-order chi connectivity index (χ1) is 13.1. The third-order valence-electron chi connectivity index (χ3n) is 5.22. The van der Waals surface area contributed by atoms with Crippen molar-refractivity contribution in [1.29, 1.82) is 0 Å². The Labute approximate surface area is 159 Å². The molecular weight excluding hydrogens is 340 g/mol. The van der Waals surface area contributed by atoms with E-state index in [-0.39, 0.29) is 17.9 Å². The van der Waals surface area contributed by atoms with Gasteiger partial charge in [-0.1, -0.05) is 6.07 Å². The highest BCUT2D eigenvalue weighted by Gasteiger charge is 2.30. The molecule has 2 aromatic heterocycles. The van der Waals surface area contributed by atoms with E-state index in [1.807, 2.05) is 18.2 Å². The summed E-state index contributed by atoms with van der Waals surface area (Å²) in [7, 11) is 0. The number of carbonyl (C=O) groups excluding carboxylic acids is 2. The minimum Gasteiger partial charge on any atom is -0.356 e. The molecule has 2 N–H and O–H groups in total. The van der Waals surface area contributed by atoms with E-state index >= 15 is 0 Å². The first kappa shape index (κ1) is 19.0. The molecule has 142 valence electrons. The average molecular weight is 366 g/mol. The van der Waals surface area contributed by atoms with Gasteiger partial charge in [0.15, 0.2) is 0 Å². The maximum Gasteiger partial charge on any atom is 0.253 e. The van der Waals surface area contributed by atoms with Crippen LogP contribution < -0.4 is 10.6 Å². The van der Waals surface area contributed by atoms with Gasteiger partial charge in [-0.15, -0.1) is 0 Å². The van der Waals surface area contributed by atoms with E-state index in [0.29, 0.717) is 17.4 Å². The molecule has 0 unspecified atom stereocenters. The Morgan fingerprint density at radius 3 is 2.56 bits per heavy atom. The monoisotopic (exact) mass is 366 g/mol. The molecule has 1 fully saturated rings. The van der Waals surface area contributed by atoms with Crippen LogP contribution in [0.2, 0.25) is 0 Å². The minimum absolute atomic E-state index is 0.0206. The third kappa shape index (κ3) is 5.36. The van der Waals surface area contributed by atoms with Crippen LogP contribution >= 0.6 is 0 Å². The van der Waals surface area contributed by atoms with E-state index in [9.17, 15) is 9.59 Å². The molecule has 0 spiro atoms. The largest absolute Gasteiger partial charge is 0.356 e. The zero-order valence-electron chi connectivity index (χ0n) is 15.6. The van der Waals surface area contributed by atoms with Crippen LogP contribution in [0.1, 0.15) is 54.7 Å². The van der Waals surface area contributed by atoms with Gasteiger partial charge in [0.2, 0.25) is 5.91 Å². The predicted molar refractivity (Wildman–Crippen MR) is 103 cm³/mol. The molecule has 1 saturated carbocycles. The second-order valence-corrected chi connectivity index (χ2v) is 7.17. The standard InChI is InChI=1S/C21H26N4O2/c1-15(26)24-13-16-7-9-17(10-8-16)20(19-6-2-3-12-23-19)25-21(27)18-5-4-11-22-14-18/h2-6,11-12,14,16-17,20H,7-10,13H2,1H3,(H,24,26)(H,25,27)/t16?,17?,20-/m0/s1. The Kier molecular flexibility index (Phi) is 6.52. The highest BCUT2D eigenvalue weighted by molar-refractivity contribution is 5.94. The molecule has 1 atom stereocenters. The molecule has 27 heavy (non-hydrogen) atoms. The summed E-state index contributed by atoms with van der Waals surface area (Å²) in [5, 5.41) is 6.09. The van der Waals surface area contributed by atoms with Gasteiger partial charge in [0, 0.05) is 32.1 Å². The number of carbonyl (C=O) groups is 2. The molecule has 0 aliphatic heterocycles. The number of nitrogens with one attached hydrogen (secondary N) is 2. The summed E-state index contributed by atoms with van der Waals surface area (Å²) in [6.45, 7) is 2.29. The van der Waals surface area contributed by atoms with Crippen LogP contribution in [-0.4, -0.2) is 28.3 Å². The molecule has 1 aliphatic rings. The normalized spacial score (nSPS) is 20.5. The second kappa shape index (κ2) is 9.26. The number of hydrogen-bond acceptors (Lipinski definition) is 4. The van der Waals surface area contributed by atoms with Gasteiger partial charge in [0.1, 0.15) is 0 Å². The number of aromatic nitrogens is 2. The highest BCUT2D eigenvalue weighted by atomic mass is 16.2. The lowest BCUT2D eigenvalue weighted by Gasteiger charge is -2.34. The van der Waals surface area contributed by atoms with E-state index in [4.69, 9.17) is 0 Å². The van der Waals surface area contributed by atoms with Crippen molar-refractivity contribution in [3.63, 3.8) is 0 Å². The van der Waals surface area contributed by atoms with Crippen molar-refractivity contribution in [2.75, 3.05) is 6.54 Å². The fraction of sp³-hybridized carbons (Fsp3) is 0.429. The van der Waals surface area contributed by atoms with Crippen molar-refractivity contribution in [3.05, 3.63) is 60.2 Å². The van der Waals surface area contributed by atoms with Crippen molar-refractivity contribution in [3.8, 4) is 0 Å². The van der Waals surface area contributed by atoms with Gasteiger partial charge >= 0.3 is 0 Å². The minimum atomic E-state index is -0.126. The average Bonchev–Trinajstić information content (AvgIpc) is 2.72. The Hall–Kier alpha value is -2.76. The van der Waals surface area contributed by atoms with Crippen LogP contribution in [0.25, 0.3) is 0 Å². The zero-order chi connectivity index (χ0) is 19.1. The summed E-state index contributed by atoms with van der Waals surface area (Å²) in [5.74, 6) is 0.726. The topological polar surface area (TPSA) is 84.0 Å². The molecule has 3 rings (SSSR count). The summed E-state index contributed by atoms with van der Waals surface area (Å²) < 4.78 is 0. The molecular formula is C21H26N4O2. The molecule has 6 heteroatoms. The molecule has 0 bridgehead atoms. The number of nitrogens with zero attached hydrogens (tertiary/aromatic N) is 2. The van der Waals surface area contributed by atoms with E-state index in [2.05, 4.69) is 20.6 Å². The first-order valence-electron chi connectivity index (χ1n) is 9.49. The Morgan fingerprint density at radius 2 is 1.93 bits per heavy atom. The van der Waals surface area contributed by atoms with Crippen molar-refractivity contribution in [2.45, 2.75) is 38.6 Å². The van der Waals surface area contributed by atoms with Crippen LogP contribution in [0.4, 0.5) is 0 Å². The molecule has 6 nitrogen and oxygen atoms in total. The number of amides is 2. The highest BCUT2D eigenvalue weighted by Crippen LogP contribution is 2.36. The summed E-state index contributed by atoms with van der Waals surface area (Å²) in [4.78, 5) is 32.3. The van der Waals surface area contributed by atoms with Crippen LogP contribution in [0, 0.1) is 11.8 Å². The van der Waals surface area contributed by atoms with Gasteiger partial charge in [0.25, 0.3) is 5.91 Å². The Morgan fingerprint density at radius 1 is 1.11 bits per heavy atom. The molecule has 2 aromatic rings. The SMILES string of the molecule is CC(=O)NCC1CCC([C@H](NC(=O)c2cccnc2)c2ccccn2)CC1. The van der Waals surface area contributed by atoms with Crippen molar-refractivity contribution >= 4 is 11.8 Å². The van der Waals surface area contributed by atoms with Crippen LogP contribution in [0.15, 0.2) is 48.9 Å². The fourth-order valence-electron chi connectivity index (χ4n) is 3.73. The predicted octanol–water partition coefficient (Wildman–Crippen LogP) is 2.89. The van der Waals surface area contributed by atoms with Crippen LogP contribution in [0.3, 0.4) is 0 Å². The van der Waals surface area contributed by atoms with Crippen LogP contribution in [-0.2, 0) is 4.79 Å². The lowest BCUT2D eigenvalue weighted by Crippen LogP contribution is -2.37. The zero-order valence-corrected chi connectivity index (χ0v) is 15.6. The van der Waals surface area contributed by atoms with E-state index in [1.54, 1.807) is 37.6 Å². The van der Waals surface area contributed by atoms with Crippen molar-refractivity contribution in [1.82, 2.24) is 20.6 Å². The van der Waals surface area contributed by atoms with Crippen LogP contribution in [0.5, 0.6) is 0 Å². The van der Waals surface area contributed by atoms with Gasteiger partial charge < -0.3 is 10.6 Å². The van der Waals surface area contributed by atoms with E-state index in [1.165, 1.54) is 0 Å². The molecule has 2 heterocycles. The molecule has 0 saturated heterocycles. The number of pyridine rings is 2. The maximum absolute atomic E-state index is 12.7. The smallest absolute Gasteiger partial charge is 0.253 e. The van der Waals surface area contributed by atoms with E-state index in [0.717, 1.165) is 37.9 Å². The summed E-state index contributed by atoms with van der Waals surface area (Å²) in [5.41, 5.74) is 1.44. The molecule has 0 radical (unpaired) electrons. The number of rotatable bonds is 6. The van der Waals surface area contributed by atoms with Gasteiger partial charge in [-0.05, 0) is 61.8 Å². The Balaban J connectivity index is 1.68. The maximum atomic E-state index is 12.7. The van der Waals surface area contributed by atoms with Gasteiger partial charge in [-0.2, -0.15) is 0 Å². The van der Waals surface area contributed by atoms with Crippen molar-refractivity contribution < 1.29 is 9.59 Å². The lowest BCUT2D eigenvalue weighted by atomic mass is 9.77. The molecule has 0 aromatic carbocycles. The summed E-state index contributed by atoms with van der Waals surface area (Å²) in [6, 6.07) is 9.21. The summed E-state index contributed by atoms with van der Waals surface area (Å²) >= 11 is 0. The molecule has 1 aliphatic carbocycles. The number of hydrogen-bond donors (Lipinski definition) is 2. The van der Waals surface area contributed by atoms with Gasteiger partial charge in [0.05, 0.1) is 17.3 Å². The molecule has 2 amide bonds. The van der Waals surface area contributed by atoms with Crippen molar-refractivity contribution in [2.24, 2.45) is 11.8 Å². The van der Waals surface area contributed by atoms with Gasteiger partial charge in [-0.3, -0.25) is 19.6 Å². The van der Waals surface area contributed by atoms with E-state index < -0.39 is 0 Å². The quantitative estimate of drug-likeness (QED) is 0.823. The first-order valence-corrected chi connectivity index (χ1v) is 9.49. The lowest BCUT2D eigenvalue weighted by molar-refractivity contribution is -0.119. The fourth-order valence-corrected chi connectivity index (χ4v) is 3.73. The Bertz CT molecular complexity index is 743. The third-order valence-corrected chi connectivity index (χ3v) is 5.22.